The summed E-state index contributed by atoms with van der Waals surface area (Å²) >= 11 is 0. The molecule has 0 aromatic heterocycles. The Morgan fingerprint density at radius 2 is 2.00 bits per heavy atom. The second-order valence-electron chi connectivity index (χ2n) is 8.04. The third-order valence-corrected chi connectivity index (χ3v) is 5.77. The zero-order valence-corrected chi connectivity index (χ0v) is 16.5. The zero-order valence-electron chi connectivity index (χ0n) is 16.5. The van der Waals surface area contributed by atoms with Crippen LogP contribution in [0.1, 0.15) is 44.6 Å². The van der Waals surface area contributed by atoms with Gasteiger partial charge in [0.05, 0.1) is 5.92 Å². The van der Waals surface area contributed by atoms with E-state index in [1.807, 2.05) is 43.0 Å². The maximum absolute atomic E-state index is 13.2. The standard InChI is InChI=1S/C21H32N4O2/c1-15-7-5-9-18(13-15)23-21(27)24-11-6-8-17(14-24)20(26)25-12-4-3-10-19(25)16(2)22/h5,7,9,13,16-17,19H,3-4,6,8,10-12,14,22H2,1-2H3,(H,23,27). The number of carbonyl (C=O) groups excluding carboxylic acids is 2. The van der Waals surface area contributed by atoms with Gasteiger partial charge in [-0.1, -0.05) is 12.1 Å². The van der Waals surface area contributed by atoms with Crippen molar-refractivity contribution < 1.29 is 9.59 Å². The van der Waals surface area contributed by atoms with Gasteiger partial charge >= 0.3 is 6.03 Å². The molecule has 3 N–H and O–H groups in total. The number of nitrogens with one attached hydrogen (secondary N) is 1. The predicted octanol–water partition coefficient (Wildman–Crippen LogP) is 2.97. The van der Waals surface area contributed by atoms with Gasteiger partial charge in [0.2, 0.25) is 5.91 Å². The summed E-state index contributed by atoms with van der Waals surface area (Å²) in [6.45, 7) is 5.95. The first-order chi connectivity index (χ1) is 13.0. The van der Waals surface area contributed by atoms with E-state index in [2.05, 4.69) is 5.32 Å². The summed E-state index contributed by atoms with van der Waals surface area (Å²) in [7, 11) is 0. The molecule has 2 heterocycles. The van der Waals surface area contributed by atoms with Crippen molar-refractivity contribution in [2.45, 2.75) is 58.0 Å². The van der Waals surface area contributed by atoms with Gasteiger partial charge in [0.25, 0.3) is 0 Å². The van der Waals surface area contributed by atoms with Crippen LogP contribution in [-0.4, -0.2) is 53.5 Å². The highest BCUT2D eigenvalue weighted by Crippen LogP contribution is 2.25. The van der Waals surface area contributed by atoms with E-state index in [4.69, 9.17) is 5.73 Å². The van der Waals surface area contributed by atoms with Crippen LogP contribution in [0.2, 0.25) is 0 Å². The molecule has 1 aromatic rings. The van der Waals surface area contributed by atoms with E-state index in [-0.39, 0.29) is 29.9 Å². The van der Waals surface area contributed by atoms with Crippen LogP contribution in [0.4, 0.5) is 10.5 Å². The van der Waals surface area contributed by atoms with Crippen LogP contribution in [0.15, 0.2) is 24.3 Å². The number of carbonyl (C=O) groups is 2. The number of nitrogens with zero attached hydrogens (tertiary/aromatic N) is 2. The van der Waals surface area contributed by atoms with E-state index in [9.17, 15) is 9.59 Å². The van der Waals surface area contributed by atoms with Crippen molar-refractivity contribution in [1.82, 2.24) is 9.80 Å². The Labute approximate surface area is 162 Å². The van der Waals surface area contributed by atoms with E-state index < -0.39 is 0 Å². The molecule has 2 saturated heterocycles. The van der Waals surface area contributed by atoms with Crippen LogP contribution in [0, 0.1) is 12.8 Å². The molecule has 1 aromatic carbocycles. The van der Waals surface area contributed by atoms with Crippen molar-refractivity contribution in [3.05, 3.63) is 29.8 Å². The summed E-state index contributed by atoms with van der Waals surface area (Å²) in [6, 6.07) is 7.75. The lowest BCUT2D eigenvalue weighted by molar-refractivity contribution is -0.141. The normalized spacial score (nSPS) is 24.4. The summed E-state index contributed by atoms with van der Waals surface area (Å²) in [6.07, 6.45) is 4.85. The molecule has 6 heteroatoms. The topological polar surface area (TPSA) is 78.7 Å². The van der Waals surface area contributed by atoms with E-state index >= 15 is 0 Å². The number of benzene rings is 1. The van der Waals surface area contributed by atoms with Crippen LogP contribution in [0.25, 0.3) is 0 Å². The Morgan fingerprint density at radius 1 is 1.19 bits per heavy atom. The monoisotopic (exact) mass is 372 g/mol. The minimum atomic E-state index is -0.125. The molecular weight excluding hydrogens is 340 g/mol. The van der Waals surface area contributed by atoms with E-state index in [1.54, 1.807) is 4.90 Å². The van der Waals surface area contributed by atoms with Crippen molar-refractivity contribution in [2.75, 3.05) is 25.0 Å². The lowest BCUT2D eigenvalue weighted by atomic mass is 9.91. The molecule has 27 heavy (non-hydrogen) atoms. The minimum Gasteiger partial charge on any atom is -0.338 e. The number of piperidine rings is 2. The number of amides is 3. The molecule has 0 spiro atoms. The van der Waals surface area contributed by atoms with E-state index in [1.165, 1.54) is 0 Å². The molecule has 3 amide bonds. The average Bonchev–Trinajstić information content (AvgIpc) is 2.67. The van der Waals surface area contributed by atoms with Gasteiger partial charge in [0, 0.05) is 37.4 Å². The smallest absolute Gasteiger partial charge is 0.321 e. The van der Waals surface area contributed by atoms with Crippen molar-refractivity contribution in [2.24, 2.45) is 11.7 Å². The quantitative estimate of drug-likeness (QED) is 0.856. The number of rotatable bonds is 3. The average molecular weight is 373 g/mol. The second-order valence-corrected chi connectivity index (χ2v) is 8.04. The molecule has 0 aliphatic carbocycles. The largest absolute Gasteiger partial charge is 0.338 e. The molecule has 2 aliphatic rings. The van der Waals surface area contributed by atoms with E-state index in [0.29, 0.717) is 13.1 Å². The maximum Gasteiger partial charge on any atom is 0.321 e. The lowest BCUT2D eigenvalue weighted by Crippen LogP contribution is -2.55. The highest BCUT2D eigenvalue weighted by atomic mass is 16.2. The first-order valence-electron chi connectivity index (χ1n) is 10.1. The van der Waals surface area contributed by atoms with Crippen LogP contribution >= 0.6 is 0 Å². The first-order valence-corrected chi connectivity index (χ1v) is 10.1. The molecule has 6 nitrogen and oxygen atoms in total. The molecular formula is C21H32N4O2. The molecule has 2 aliphatic heterocycles. The molecule has 3 unspecified atom stereocenters. The highest BCUT2D eigenvalue weighted by molar-refractivity contribution is 5.90. The van der Waals surface area contributed by atoms with Gasteiger partial charge in [0.15, 0.2) is 0 Å². The zero-order chi connectivity index (χ0) is 19.4. The SMILES string of the molecule is Cc1cccc(NC(=O)N2CCCC(C(=O)N3CCCCC3C(C)N)C2)c1. The van der Waals surface area contributed by atoms with Gasteiger partial charge in [-0.05, 0) is 63.6 Å². The number of anilines is 1. The van der Waals surface area contributed by atoms with Gasteiger partial charge in [-0.15, -0.1) is 0 Å². The fourth-order valence-electron chi connectivity index (χ4n) is 4.30. The lowest BCUT2D eigenvalue weighted by Gasteiger charge is -2.41. The third-order valence-electron chi connectivity index (χ3n) is 5.77. The third kappa shape index (κ3) is 4.80. The van der Waals surface area contributed by atoms with Crippen LogP contribution < -0.4 is 11.1 Å². The Morgan fingerprint density at radius 3 is 2.74 bits per heavy atom. The molecule has 0 radical (unpaired) electrons. The maximum atomic E-state index is 13.2. The molecule has 2 fully saturated rings. The second kappa shape index (κ2) is 8.74. The van der Waals surface area contributed by atoms with Gasteiger partial charge < -0.3 is 20.9 Å². The Kier molecular flexibility index (Phi) is 6.37. The molecule has 3 rings (SSSR count). The van der Waals surface area contributed by atoms with Gasteiger partial charge in [-0.3, -0.25) is 4.79 Å². The fraction of sp³-hybridized carbons (Fsp3) is 0.619. The Hall–Kier alpha value is -2.08. The van der Waals surface area contributed by atoms with Crippen LogP contribution in [-0.2, 0) is 4.79 Å². The highest BCUT2D eigenvalue weighted by Gasteiger charge is 2.36. The summed E-state index contributed by atoms with van der Waals surface area (Å²) < 4.78 is 0. The van der Waals surface area contributed by atoms with Crippen molar-refractivity contribution in [1.29, 1.82) is 0 Å². The summed E-state index contributed by atoms with van der Waals surface area (Å²) in [5.41, 5.74) is 8.03. The number of hydrogen-bond donors (Lipinski definition) is 2. The first kappa shape index (κ1) is 19.7. The number of nitrogens with two attached hydrogens (primary N) is 1. The van der Waals surface area contributed by atoms with Crippen LogP contribution in [0.3, 0.4) is 0 Å². The summed E-state index contributed by atoms with van der Waals surface area (Å²) in [5, 5.41) is 2.96. The van der Waals surface area contributed by atoms with Gasteiger partial charge in [0.1, 0.15) is 0 Å². The number of urea groups is 1. The van der Waals surface area contributed by atoms with Crippen molar-refractivity contribution in [3.8, 4) is 0 Å². The van der Waals surface area contributed by atoms with E-state index in [0.717, 1.165) is 49.9 Å². The number of aryl methyl sites for hydroxylation is 1. The molecule has 0 saturated carbocycles. The summed E-state index contributed by atoms with van der Waals surface area (Å²) in [5.74, 6) is 0.0476. The van der Waals surface area contributed by atoms with Crippen LogP contribution in [0.5, 0.6) is 0 Å². The van der Waals surface area contributed by atoms with Crippen molar-refractivity contribution >= 4 is 17.6 Å². The number of likely N-dealkylation sites (tertiary alicyclic amines) is 2. The summed E-state index contributed by atoms with van der Waals surface area (Å²) in [4.78, 5) is 29.6. The molecule has 148 valence electrons. The van der Waals surface area contributed by atoms with Gasteiger partial charge in [-0.2, -0.15) is 0 Å². The number of hydrogen-bond acceptors (Lipinski definition) is 3. The predicted molar refractivity (Wildman–Crippen MR) is 107 cm³/mol. The molecule has 3 atom stereocenters. The molecule has 0 bridgehead atoms. The fourth-order valence-corrected chi connectivity index (χ4v) is 4.30. The minimum absolute atomic E-state index is 0.0152. The van der Waals surface area contributed by atoms with Gasteiger partial charge in [-0.25, -0.2) is 4.79 Å². The Bertz CT molecular complexity index is 676. The van der Waals surface area contributed by atoms with Crippen molar-refractivity contribution in [3.63, 3.8) is 0 Å². The Balaban J connectivity index is 1.62.